The first-order valence-corrected chi connectivity index (χ1v) is 8.70. The van der Waals surface area contributed by atoms with Crippen molar-refractivity contribution in [3.63, 3.8) is 0 Å². The van der Waals surface area contributed by atoms with Crippen LogP contribution in [0.5, 0.6) is 0 Å². The van der Waals surface area contributed by atoms with Crippen LogP contribution >= 0.6 is 15.9 Å². The molecule has 3 N–H and O–H groups in total. The van der Waals surface area contributed by atoms with E-state index < -0.39 is 0 Å². The molecule has 0 amide bonds. The first kappa shape index (κ1) is 15.2. The van der Waals surface area contributed by atoms with Gasteiger partial charge < -0.3 is 11.1 Å². The van der Waals surface area contributed by atoms with E-state index in [-0.39, 0.29) is 12.1 Å². The Balaban J connectivity index is 1.78. The number of nitrogens with two attached hydrogens (primary N) is 1. The van der Waals surface area contributed by atoms with Crippen molar-refractivity contribution in [3.05, 3.63) is 69.7 Å². The zero-order valence-electron chi connectivity index (χ0n) is 13.3. The fraction of sp³-hybridized carbons (Fsp3) is 0.222. The first-order valence-electron chi connectivity index (χ1n) is 7.91. The van der Waals surface area contributed by atoms with Gasteiger partial charge in [0.15, 0.2) is 0 Å². The molecule has 0 spiro atoms. The van der Waals surface area contributed by atoms with Gasteiger partial charge in [0.2, 0.25) is 11.9 Å². The summed E-state index contributed by atoms with van der Waals surface area (Å²) >= 11 is 3.49. The Morgan fingerprint density at radius 1 is 1.17 bits per heavy atom. The molecule has 1 aliphatic rings. The molecule has 24 heavy (non-hydrogen) atoms. The zero-order valence-corrected chi connectivity index (χ0v) is 14.9. The molecule has 2 aromatic carbocycles. The molecule has 2 atom stereocenters. The number of nitrogen functional groups attached to an aromatic ring is 1. The number of hydrogen-bond acceptors (Lipinski definition) is 4. The second-order valence-corrected chi connectivity index (χ2v) is 7.01. The van der Waals surface area contributed by atoms with Gasteiger partial charge in [-0.3, -0.25) is 0 Å². The summed E-state index contributed by atoms with van der Waals surface area (Å²) in [6.45, 7) is 2.13. The van der Waals surface area contributed by atoms with Gasteiger partial charge in [-0.25, -0.2) is 4.68 Å². The van der Waals surface area contributed by atoms with Gasteiger partial charge >= 0.3 is 0 Å². The lowest BCUT2D eigenvalue weighted by Crippen LogP contribution is -2.28. The molecule has 6 heteroatoms. The smallest absolute Gasteiger partial charge is 0.241 e. The summed E-state index contributed by atoms with van der Waals surface area (Å²) in [5.41, 5.74) is 9.58. The number of aromatic nitrogens is 3. The van der Waals surface area contributed by atoms with Crippen molar-refractivity contribution < 1.29 is 0 Å². The van der Waals surface area contributed by atoms with Crippen molar-refractivity contribution >= 4 is 27.8 Å². The molecule has 0 fully saturated rings. The maximum Gasteiger partial charge on any atom is 0.241 e. The monoisotopic (exact) mass is 383 g/mol. The van der Waals surface area contributed by atoms with Crippen LogP contribution in [0.4, 0.5) is 11.9 Å². The topological polar surface area (TPSA) is 68.8 Å². The summed E-state index contributed by atoms with van der Waals surface area (Å²) in [7, 11) is 0. The third-order valence-corrected chi connectivity index (χ3v) is 5.05. The van der Waals surface area contributed by atoms with E-state index in [9.17, 15) is 0 Å². The average molecular weight is 384 g/mol. The van der Waals surface area contributed by atoms with Crippen LogP contribution < -0.4 is 11.1 Å². The quantitative estimate of drug-likeness (QED) is 0.699. The van der Waals surface area contributed by atoms with Gasteiger partial charge in [0.25, 0.3) is 0 Å². The summed E-state index contributed by atoms with van der Waals surface area (Å²) in [5.74, 6) is 1.02. The first-order chi connectivity index (χ1) is 11.6. The minimum absolute atomic E-state index is 0.112. The highest BCUT2D eigenvalue weighted by atomic mass is 79.9. The van der Waals surface area contributed by atoms with Crippen molar-refractivity contribution in [2.45, 2.75) is 25.4 Å². The second kappa shape index (κ2) is 5.94. The number of fused-ring (bicyclic) bond motifs is 1. The highest BCUT2D eigenvalue weighted by Gasteiger charge is 2.31. The Labute approximate surface area is 149 Å². The SMILES string of the molecule is Cc1ccccc1[C@H]1C[C@H](c2ccc(Br)cc2)Nc2nc(N)nn21. The molecular formula is C18H18BrN5. The number of nitrogens with zero attached hydrogens (tertiary/aromatic N) is 3. The molecule has 0 aliphatic carbocycles. The average Bonchev–Trinajstić information content (AvgIpc) is 2.95. The van der Waals surface area contributed by atoms with E-state index in [1.54, 1.807) is 0 Å². The zero-order chi connectivity index (χ0) is 16.7. The number of nitrogens with one attached hydrogen (secondary N) is 1. The highest BCUT2D eigenvalue weighted by Crippen LogP contribution is 2.39. The van der Waals surface area contributed by atoms with Crippen LogP contribution in [0.3, 0.4) is 0 Å². The number of hydrogen-bond donors (Lipinski definition) is 2. The van der Waals surface area contributed by atoms with Crippen molar-refractivity contribution in [1.29, 1.82) is 0 Å². The molecule has 3 aromatic rings. The normalized spacial score (nSPS) is 19.6. The molecule has 0 saturated carbocycles. The minimum Gasteiger partial charge on any atom is -0.366 e. The molecule has 4 rings (SSSR count). The van der Waals surface area contributed by atoms with E-state index in [2.05, 4.69) is 86.8 Å². The largest absolute Gasteiger partial charge is 0.366 e. The van der Waals surface area contributed by atoms with Gasteiger partial charge in [-0.05, 0) is 42.2 Å². The third-order valence-electron chi connectivity index (χ3n) is 4.52. The van der Waals surface area contributed by atoms with Gasteiger partial charge in [-0.15, -0.1) is 5.10 Å². The molecule has 0 bridgehead atoms. The van der Waals surface area contributed by atoms with E-state index in [4.69, 9.17) is 5.73 Å². The molecule has 2 heterocycles. The van der Waals surface area contributed by atoms with E-state index in [1.807, 2.05) is 4.68 Å². The van der Waals surface area contributed by atoms with Crippen LogP contribution in [-0.2, 0) is 0 Å². The molecule has 5 nitrogen and oxygen atoms in total. The summed E-state index contributed by atoms with van der Waals surface area (Å²) in [6, 6.07) is 17.1. The molecule has 1 aromatic heterocycles. The molecule has 122 valence electrons. The van der Waals surface area contributed by atoms with E-state index >= 15 is 0 Å². The van der Waals surface area contributed by atoms with Crippen LogP contribution in [0, 0.1) is 6.92 Å². The summed E-state index contributed by atoms with van der Waals surface area (Å²) in [4.78, 5) is 4.36. The Hall–Kier alpha value is -2.34. The van der Waals surface area contributed by atoms with Gasteiger partial charge in [-0.1, -0.05) is 52.3 Å². The fourth-order valence-corrected chi connectivity index (χ4v) is 3.59. The number of halogens is 1. The number of anilines is 2. The van der Waals surface area contributed by atoms with Crippen LogP contribution in [-0.4, -0.2) is 14.8 Å². The molecular weight excluding hydrogens is 366 g/mol. The fourth-order valence-electron chi connectivity index (χ4n) is 3.33. The van der Waals surface area contributed by atoms with Gasteiger partial charge in [0.05, 0.1) is 12.1 Å². The lowest BCUT2D eigenvalue weighted by atomic mass is 9.91. The van der Waals surface area contributed by atoms with Crippen LogP contribution in [0.2, 0.25) is 0 Å². The van der Waals surface area contributed by atoms with Crippen LogP contribution in [0.1, 0.15) is 35.2 Å². The van der Waals surface area contributed by atoms with Gasteiger partial charge in [-0.2, -0.15) is 4.98 Å². The molecule has 1 aliphatic heterocycles. The van der Waals surface area contributed by atoms with Crippen LogP contribution in [0.15, 0.2) is 53.0 Å². The highest BCUT2D eigenvalue weighted by molar-refractivity contribution is 9.10. The predicted octanol–water partition coefficient (Wildman–Crippen LogP) is 4.08. The Bertz CT molecular complexity index is 871. The van der Waals surface area contributed by atoms with Crippen molar-refractivity contribution in [1.82, 2.24) is 14.8 Å². The van der Waals surface area contributed by atoms with Crippen LogP contribution in [0.25, 0.3) is 0 Å². The van der Waals surface area contributed by atoms with Crippen molar-refractivity contribution in [2.24, 2.45) is 0 Å². The summed E-state index contributed by atoms with van der Waals surface area (Å²) in [5, 5.41) is 7.87. The van der Waals surface area contributed by atoms with Gasteiger partial charge in [0, 0.05) is 4.47 Å². The van der Waals surface area contributed by atoms with E-state index in [0.717, 1.165) is 16.8 Å². The van der Waals surface area contributed by atoms with Crippen molar-refractivity contribution in [2.75, 3.05) is 11.1 Å². The Morgan fingerprint density at radius 2 is 1.92 bits per heavy atom. The van der Waals surface area contributed by atoms with Gasteiger partial charge in [0.1, 0.15) is 0 Å². The molecule has 0 saturated heterocycles. The number of benzene rings is 2. The predicted molar refractivity (Wildman–Crippen MR) is 98.9 cm³/mol. The Morgan fingerprint density at radius 3 is 2.67 bits per heavy atom. The standard InChI is InChI=1S/C18H18BrN5/c1-11-4-2-3-5-14(11)16-10-15(12-6-8-13(19)9-7-12)21-18-22-17(20)23-24(16)18/h2-9,15-16H,10H2,1H3,(H3,20,21,22,23)/t15-,16-/m1/s1. The molecule has 0 radical (unpaired) electrons. The number of rotatable bonds is 2. The lowest BCUT2D eigenvalue weighted by molar-refractivity contribution is 0.430. The second-order valence-electron chi connectivity index (χ2n) is 6.09. The minimum atomic E-state index is 0.112. The van der Waals surface area contributed by atoms with E-state index in [1.165, 1.54) is 16.7 Å². The Kier molecular flexibility index (Phi) is 3.76. The van der Waals surface area contributed by atoms with E-state index in [0.29, 0.717) is 5.95 Å². The summed E-state index contributed by atoms with van der Waals surface area (Å²) < 4.78 is 2.98. The number of aryl methyl sites for hydroxylation is 1. The third kappa shape index (κ3) is 2.67. The maximum absolute atomic E-state index is 5.85. The maximum atomic E-state index is 5.85. The summed E-state index contributed by atoms with van der Waals surface area (Å²) in [6.07, 6.45) is 0.891. The lowest BCUT2D eigenvalue weighted by Gasteiger charge is -2.32. The molecule has 0 unspecified atom stereocenters. The van der Waals surface area contributed by atoms with Crippen molar-refractivity contribution in [3.8, 4) is 0 Å².